The fourth-order valence-corrected chi connectivity index (χ4v) is 3.83. The molecular formula is C21H41N7O. The van der Waals surface area contributed by atoms with E-state index in [1.54, 1.807) is 0 Å². The van der Waals surface area contributed by atoms with Gasteiger partial charge < -0.3 is 19.9 Å². The molecule has 0 aliphatic carbocycles. The Balaban J connectivity index is 1.95. The van der Waals surface area contributed by atoms with Crippen LogP contribution in [0.4, 0.5) is 0 Å². The fourth-order valence-electron chi connectivity index (χ4n) is 3.83. The smallest absolute Gasteiger partial charge is 0.191 e. The maximum Gasteiger partial charge on any atom is 0.191 e. The second-order valence-electron chi connectivity index (χ2n) is 8.15. The van der Waals surface area contributed by atoms with Gasteiger partial charge in [0.1, 0.15) is 12.4 Å². The summed E-state index contributed by atoms with van der Waals surface area (Å²) in [6.07, 6.45) is 3.75. The Morgan fingerprint density at radius 2 is 2.07 bits per heavy atom. The van der Waals surface area contributed by atoms with Crippen LogP contribution in [0.3, 0.4) is 0 Å². The molecule has 2 unspecified atom stereocenters. The lowest BCUT2D eigenvalue weighted by Crippen LogP contribution is -2.45. The highest BCUT2D eigenvalue weighted by molar-refractivity contribution is 5.79. The van der Waals surface area contributed by atoms with Crippen molar-refractivity contribution in [3.8, 4) is 0 Å². The minimum absolute atomic E-state index is 0.264. The van der Waals surface area contributed by atoms with Gasteiger partial charge in [0.2, 0.25) is 0 Å². The van der Waals surface area contributed by atoms with Crippen LogP contribution >= 0.6 is 0 Å². The number of ether oxygens (including phenoxy) is 1. The van der Waals surface area contributed by atoms with Crippen LogP contribution in [0.2, 0.25) is 0 Å². The molecule has 0 saturated carbocycles. The minimum Gasteiger partial charge on any atom is -0.378 e. The lowest BCUT2D eigenvalue weighted by atomic mass is 10.0. The van der Waals surface area contributed by atoms with Gasteiger partial charge in [-0.15, -0.1) is 10.2 Å². The van der Waals surface area contributed by atoms with Crippen molar-refractivity contribution in [3.05, 3.63) is 11.6 Å². The highest BCUT2D eigenvalue weighted by Crippen LogP contribution is 2.15. The van der Waals surface area contributed by atoms with Crippen LogP contribution < -0.4 is 10.6 Å². The Bertz CT molecular complexity index is 629. The van der Waals surface area contributed by atoms with Crippen molar-refractivity contribution in [3.63, 3.8) is 0 Å². The molecule has 1 aromatic rings. The molecule has 2 atom stereocenters. The lowest BCUT2D eigenvalue weighted by molar-refractivity contribution is 0.0258. The monoisotopic (exact) mass is 407 g/mol. The number of aryl methyl sites for hydroxylation is 1. The summed E-state index contributed by atoms with van der Waals surface area (Å²) in [4.78, 5) is 7.32. The number of aliphatic imine (C=N–C) groups is 1. The molecule has 8 heteroatoms. The summed E-state index contributed by atoms with van der Waals surface area (Å²) in [5.41, 5.74) is 0. The zero-order valence-corrected chi connectivity index (χ0v) is 19.2. The Morgan fingerprint density at radius 3 is 2.69 bits per heavy atom. The first-order chi connectivity index (χ1) is 14.0. The van der Waals surface area contributed by atoms with Gasteiger partial charge in [-0.2, -0.15) is 0 Å². The maximum atomic E-state index is 5.87. The van der Waals surface area contributed by atoms with E-state index < -0.39 is 0 Å². The highest BCUT2D eigenvalue weighted by atomic mass is 16.5. The summed E-state index contributed by atoms with van der Waals surface area (Å²) in [6, 6.07) is 0.580. The normalized spacial score (nSPS) is 19.1. The quantitative estimate of drug-likeness (QED) is 0.432. The summed E-state index contributed by atoms with van der Waals surface area (Å²) in [5.74, 6) is 3.11. The number of aromatic nitrogens is 3. The number of likely N-dealkylation sites (tertiary alicyclic amines) is 1. The highest BCUT2D eigenvalue weighted by Gasteiger charge is 2.23. The molecule has 2 N–H and O–H groups in total. The Morgan fingerprint density at radius 1 is 1.28 bits per heavy atom. The minimum atomic E-state index is 0.264. The Kier molecular flexibility index (Phi) is 9.87. The molecule has 0 aromatic carbocycles. The van der Waals surface area contributed by atoms with Crippen molar-refractivity contribution in [2.45, 2.75) is 72.6 Å². The van der Waals surface area contributed by atoms with E-state index in [4.69, 9.17) is 9.73 Å². The topological polar surface area (TPSA) is 79.6 Å². The fraction of sp³-hybridized carbons (Fsp3) is 0.857. The SMILES string of the molecule is CCOC(CCNC(=NCc1nnc(C)n1C)NCC1CCCN1CC)C(C)C. The molecule has 2 heterocycles. The molecular weight excluding hydrogens is 366 g/mol. The number of hydrogen-bond acceptors (Lipinski definition) is 5. The number of rotatable bonds is 11. The van der Waals surface area contributed by atoms with Gasteiger partial charge in [0.15, 0.2) is 11.8 Å². The summed E-state index contributed by atoms with van der Waals surface area (Å²) in [5, 5.41) is 15.4. The molecule has 0 bridgehead atoms. The number of guanidine groups is 1. The molecule has 166 valence electrons. The predicted octanol–water partition coefficient (Wildman–Crippen LogP) is 2.09. The van der Waals surface area contributed by atoms with E-state index in [1.165, 1.54) is 19.4 Å². The Hall–Kier alpha value is -1.67. The van der Waals surface area contributed by atoms with Crippen molar-refractivity contribution in [2.24, 2.45) is 18.0 Å². The van der Waals surface area contributed by atoms with Crippen molar-refractivity contribution in [2.75, 3.05) is 32.8 Å². The molecule has 1 aliphatic heterocycles. The van der Waals surface area contributed by atoms with Crippen LogP contribution in [0, 0.1) is 12.8 Å². The molecule has 1 saturated heterocycles. The van der Waals surface area contributed by atoms with Crippen molar-refractivity contribution in [1.29, 1.82) is 0 Å². The molecule has 1 fully saturated rings. The summed E-state index contributed by atoms with van der Waals surface area (Å²) >= 11 is 0. The van der Waals surface area contributed by atoms with Gasteiger partial charge in [0, 0.05) is 32.8 Å². The summed E-state index contributed by atoms with van der Waals surface area (Å²) in [7, 11) is 1.98. The first-order valence-electron chi connectivity index (χ1n) is 11.2. The first-order valence-corrected chi connectivity index (χ1v) is 11.2. The number of hydrogen-bond donors (Lipinski definition) is 2. The number of likely N-dealkylation sites (N-methyl/N-ethyl adjacent to an activating group) is 1. The second kappa shape index (κ2) is 12.1. The van der Waals surface area contributed by atoms with E-state index in [2.05, 4.69) is 53.4 Å². The average molecular weight is 408 g/mol. The maximum absolute atomic E-state index is 5.87. The van der Waals surface area contributed by atoms with Crippen molar-refractivity contribution < 1.29 is 4.74 Å². The van der Waals surface area contributed by atoms with Crippen LogP contribution in [0.25, 0.3) is 0 Å². The number of nitrogens with zero attached hydrogens (tertiary/aromatic N) is 5. The number of nitrogens with one attached hydrogen (secondary N) is 2. The molecule has 0 amide bonds. The zero-order valence-electron chi connectivity index (χ0n) is 19.2. The largest absolute Gasteiger partial charge is 0.378 e. The van der Waals surface area contributed by atoms with Crippen LogP contribution in [-0.4, -0.2) is 70.6 Å². The van der Waals surface area contributed by atoms with Gasteiger partial charge in [-0.05, 0) is 52.1 Å². The van der Waals surface area contributed by atoms with Crippen LogP contribution in [0.5, 0.6) is 0 Å². The van der Waals surface area contributed by atoms with Gasteiger partial charge in [-0.1, -0.05) is 20.8 Å². The van der Waals surface area contributed by atoms with Crippen molar-refractivity contribution >= 4 is 5.96 Å². The third-order valence-electron chi connectivity index (χ3n) is 5.82. The van der Waals surface area contributed by atoms with Gasteiger partial charge in [-0.3, -0.25) is 4.90 Å². The van der Waals surface area contributed by atoms with E-state index in [1.807, 2.05) is 18.5 Å². The summed E-state index contributed by atoms with van der Waals surface area (Å²) < 4.78 is 7.86. The van der Waals surface area contributed by atoms with E-state index in [0.717, 1.165) is 50.3 Å². The first kappa shape index (κ1) is 23.6. The molecule has 2 rings (SSSR count). The van der Waals surface area contributed by atoms with Gasteiger partial charge in [0.05, 0.1) is 6.10 Å². The molecule has 1 aliphatic rings. The zero-order chi connectivity index (χ0) is 21.2. The van der Waals surface area contributed by atoms with Crippen molar-refractivity contribution in [1.82, 2.24) is 30.3 Å². The molecule has 0 spiro atoms. The van der Waals surface area contributed by atoms with E-state index in [-0.39, 0.29) is 6.10 Å². The van der Waals surface area contributed by atoms with E-state index in [9.17, 15) is 0 Å². The van der Waals surface area contributed by atoms with Gasteiger partial charge in [0.25, 0.3) is 0 Å². The van der Waals surface area contributed by atoms with Crippen LogP contribution in [0.15, 0.2) is 4.99 Å². The third kappa shape index (κ3) is 7.26. The van der Waals surface area contributed by atoms with Crippen LogP contribution in [-0.2, 0) is 18.3 Å². The molecule has 29 heavy (non-hydrogen) atoms. The Labute approximate surface area is 176 Å². The van der Waals surface area contributed by atoms with Crippen LogP contribution in [0.1, 0.15) is 58.6 Å². The third-order valence-corrected chi connectivity index (χ3v) is 5.82. The van der Waals surface area contributed by atoms with Gasteiger partial charge >= 0.3 is 0 Å². The standard InChI is InChI=1S/C21H41N7O/c1-7-28-13-9-10-18(28)14-23-21(22-12-11-19(16(3)4)29-8-2)24-15-20-26-25-17(5)27(20)6/h16,18-19H,7-15H2,1-6H3,(H2,22,23,24). The van der Waals surface area contributed by atoms with Gasteiger partial charge in [-0.25, -0.2) is 4.99 Å². The average Bonchev–Trinajstić information content (AvgIpc) is 3.29. The van der Waals surface area contributed by atoms with E-state index in [0.29, 0.717) is 18.5 Å². The molecule has 0 radical (unpaired) electrons. The summed E-state index contributed by atoms with van der Waals surface area (Å²) in [6.45, 7) is 16.0. The molecule has 8 nitrogen and oxygen atoms in total. The van der Waals surface area contributed by atoms with E-state index >= 15 is 0 Å². The predicted molar refractivity (Wildman–Crippen MR) is 118 cm³/mol. The molecule has 1 aromatic heterocycles. The lowest BCUT2D eigenvalue weighted by Gasteiger charge is -2.25. The second-order valence-corrected chi connectivity index (χ2v) is 8.15.